The minimum Gasteiger partial charge on any atom is -0.466 e. The van der Waals surface area contributed by atoms with Crippen LogP contribution in [0.1, 0.15) is 19.8 Å². The highest BCUT2D eigenvalue weighted by Gasteiger charge is 2.38. The number of carbonyl (C=O) groups excluding carboxylic acids is 2. The summed E-state index contributed by atoms with van der Waals surface area (Å²) in [4.78, 5) is 21.9. The van der Waals surface area contributed by atoms with Gasteiger partial charge in [0.2, 0.25) is 0 Å². The Bertz CT molecular complexity index is 265. The molecule has 4 heteroatoms. The molecule has 1 aliphatic rings. The number of ether oxygens (including phenoxy) is 2. The maximum absolute atomic E-state index is 11.2. The fourth-order valence-corrected chi connectivity index (χ4v) is 1.28. The lowest BCUT2D eigenvalue weighted by Gasteiger charge is -2.16. The van der Waals surface area contributed by atoms with Gasteiger partial charge in [-0.25, -0.2) is 4.79 Å². The highest BCUT2D eigenvalue weighted by Crippen LogP contribution is 2.37. The Morgan fingerprint density at radius 2 is 2.00 bits per heavy atom. The molecule has 14 heavy (non-hydrogen) atoms. The first-order valence-electron chi connectivity index (χ1n) is 4.50. The molecule has 1 rings (SSSR count). The van der Waals surface area contributed by atoms with E-state index in [0.717, 1.165) is 12.8 Å². The van der Waals surface area contributed by atoms with Crippen molar-refractivity contribution in [1.29, 1.82) is 0 Å². The molecule has 0 aromatic heterocycles. The third-order valence-corrected chi connectivity index (χ3v) is 2.13. The normalized spacial score (nSPS) is 17.0. The van der Waals surface area contributed by atoms with E-state index in [-0.39, 0.29) is 11.5 Å². The zero-order chi connectivity index (χ0) is 10.7. The van der Waals surface area contributed by atoms with Crippen molar-refractivity contribution in [2.75, 3.05) is 7.11 Å². The smallest absolute Gasteiger partial charge is 0.336 e. The highest BCUT2D eigenvalue weighted by molar-refractivity contribution is 5.89. The largest absolute Gasteiger partial charge is 0.466 e. The van der Waals surface area contributed by atoms with Crippen molar-refractivity contribution < 1.29 is 19.1 Å². The van der Waals surface area contributed by atoms with Gasteiger partial charge >= 0.3 is 11.9 Å². The molecule has 1 fully saturated rings. The number of hydrogen-bond acceptors (Lipinski definition) is 4. The lowest BCUT2D eigenvalue weighted by Crippen LogP contribution is -2.25. The van der Waals surface area contributed by atoms with Crippen LogP contribution in [0.25, 0.3) is 0 Å². The Hall–Kier alpha value is -1.32. The van der Waals surface area contributed by atoms with Crippen molar-refractivity contribution in [1.82, 2.24) is 0 Å². The van der Waals surface area contributed by atoms with Crippen LogP contribution in [0.4, 0.5) is 0 Å². The third kappa shape index (κ3) is 2.58. The van der Waals surface area contributed by atoms with E-state index >= 15 is 0 Å². The van der Waals surface area contributed by atoms with E-state index in [1.54, 1.807) is 0 Å². The zero-order valence-electron chi connectivity index (χ0n) is 8.41. The van der Waals surface area contributed by atoms with Crippen molar-refractivity contribution >= 4 is 11.9 Å². The fourth-order valence-electron chi connectivity index (χ4n) is 1.28. The average molecular weight is 198 g/mol. The van der Waals surface area contributed by atoms with Crippen molar-refractivity contribution in [2.45, 2.75) is 25.9 Å². The van der Waals surface area contributed by atoms with E-state index < -0.39 is 18.0 Å². The van der Waals surface area contributed by atoms with Crippen molar-refractivity contribution in [3.8, 4) is 0 Å². The van der Waals surface area contributed by atoms with Crippen molar-refractivity contribution in [2.24, 2.45) is 5.92 Å². The molecule has 0 N–H and O–H groups in total. The van der Waals surface area contributed by atoms with E-state index in [2.05, 4.69) is 11.3 Å². The van der Waals surface area contributed by atoms with E-state index in [0.29, 0.717) is 0 Å². The second-order valence-corrected chi connectivity index (χ2v) is 3.38. The summed E-state index contributed by atoms with van der Waals surface area (Å²) in [5, 5.41) is 0. The topological polar surface area (TPSA) is 52.6 Å². The Kier molecular flexibility index (Phi) is 3.28. The Labute approximate surface area is 82.9 Å². The summed E-state index contributed by atoms with van der Waals surface area (Å²) in [5.41, 5.74) is 0.227. The third-order valence-electron chi connectivity index (χ3n) is 2.13. The molecule has 0 radical (unpaired) electrons. The quantitative estimate of drug-likeness (QED) is 0.500. The summed E-state index contributed by atoms with van der Waals surface area (Å²) in [6.45, 7) is 4.91. The maximum Gasteiger partial charge on any atom is 0.336 e. The molecule has 1 unspecified atom stereocenters. The van der Waals surface area contributed by atoms with E-state index in [1.807, 2.05) is 0 Å². The molecular formula is C10H14O4. The van der Waals surface area contributed by atoms with Crippen LogP contribution >= 0.6 is 0 Å². The van der Waals surface area contributed by atoms with E-state index in [9.17, 15) is 9.59 Å². The summed E-state index contributed by atoms with van der Waals surface area (Å²) in [5.74, 6) is -0.666. The SMILES string of the molecule is C=C(C(=O)OC)C(OC(C)=O)C1CC1. The first-order chi connectivity index (χ1) is 6.56. The van der Waals surface area contributed by atoms with Gasteiger partial charge in [0.05, 0.1) is 12.7 Å². The lowest BCUT2D eigenvalue weighted by molar-refractivity contribution is -0.147. The average Bonchev–Trinajstić information content (AvgIpc) is 2.94. The number of methoxy groups -OCH3 is 1. The molecule has 0 aromatic rings. The van der Waals surface area contributed by atoms with Crippen LogP contribution in [-0.2, 0) is 19.1 Å². The van der Waals surface area contributed by atoms with Gasteiger partial charge in [0.1, 0.15) is 6.10 Å². The predicted molar refractivity (Wildman–Crippen MR) is 49.4 cm³/mol. The fraction of sp³-hybridized carbons (Fsp3) is 0.600. The van der Waals surface area contributed by atoms with Crippen LogP contribution in [0, 0.1) is 5.92 Å². The van der Waals surface area contributed by atoms with Crippen LogP contribution in [0.15, 0.2) is 12.2 Å². The van der Waals surface area contributed by atoms with Gasteiger partial charge in [0, 0.05) is 12.8 Å². The molecule has 1 aliphatic carbocycles. The molecule has 1 atom stereocenters. The molecule has 0 amide bonds. The zero-order valence-corrected chi connectivity index (χ0v) is 8.41. The van der Waals surface area contributed by atoms with Crippen LogP contribution in [0.5, 0.6) is 0 Å². The van der Waals surface area contributed by atoms with Gasteiger partial charge in [0.15, 0.2) is 0 Å². The second kappa shape index (κ2) is 4.26. The van der Waals surface area contributed by atoms with E-state index in [1.165, 1.54) is 14.0 Å². The summed E-state index contributed by atoms with van der Waals surface area (Å²) in [7, 11) is 1.28. The van der Waals surface area contributed by atoms with Gasteiger partial charge < -0.3 is 9.47 Å². The monoisotopic (exact) mass is 198 g/mol. The number of rotatable bonds is 4. The molecule has 0 spiro atoms. The lowest BCUT2D eigenvalue weighted by atomic mass is 10.1. The van der Waals surface area contributed by atoms with Crippen molar-refractivity contribution in [3.05, 3.63) is 12.2 Å². The Morgan fingerprint density at radius 3 is 2.36 bits per heavy atom. The van der Waals surface area contributed by atoms with E-state index in [4.69, 9.17) is 4.74 Å². The maximum atomic E-state index is 11.2. The second-order valence-electron chi connectivity index (χ2n) is 3.38. The van der Waals surface area contributed by atoms with Gasteiger partial charge in [-0.15, -0.1) is 0 Å². The van der Waals surface area contributed by atoms with Crippen LogP contribution in [0.2, 0.25) is 0 Å². The molecule has 1 saturated carbocycles. The summed E-state index contributed by atoms with van der Waals surface area (Å²) in [6, 6.07) is 0. The molecule has 0 aliphatic heterocycles. The first-order valence-corrected chi connectivity index (χ1v) is 4.50. The predicted octanol–water partition coefficient (Wildman–Crippen LogP) is 1.06. The highest BCUT2D eigenvalue weighted by atomic mass is 16.6. The number of hydrogen-bond donors (Lipinski definition) is 0. The Balaban J connectivity index is 2.62. The molecule has 78 valence electrons. The molecule has 4 nitrogen and oxygen atoms in total. The van der Waals surface area contributed by atoms with Crippen LogP contribution < -0.4 is 0 Å². The van der Waals surface area contributed by atoms with Crippen LogP contribution in [-0.4, -0.2) is 25.2 Å². The molecule has 0 aromatic carbocycles. The van der Waals surface area contributed by atoms with Gasteiger partial charge in [0.25, 0.3) is 0 Å². The minimum absolute atomic E-state index is 0.227. The summed E-state index contributed by atoms with van der Waals surface area (Å²) >= 11 is 0. The van der Waals surface area contributed by atoms with Gasteiger partial charge in [-0.2, -0.15) is 0 Å². The summed E-state index contributed by atoms with van der Waals surface area (Å²) < 4.78 is 9.54. The van der Waals surface area contributed by atoms with Gasteiger partial charge in [-0.1, -0.05) is 6.58 Å². The minimum atomic E-state index is -0.511. The molecule has 0 heterocycles. The summed E-state index contributed by atoms with van der Waals surface area (Å²) in [6.07, 6.45) is 1.43. The van der Waals surface area contributed by atoms with Gasteiger partial charge in [-0.3, -0.25) is 4.79 Å². The molecule has 0 bridgehead atoms. The van der Waals surface area contributed by atoms with Crippen molar-refractivity contribution in [3.63, 3.8) is 0 Å². The number of carbonyl (C=O) groups is 2. The number of esters is 2. The Morgan fingerprint density at radius 1 is 1.43 bits per heavy atom. The van der Waals surface area contributed by atoms with Gasteiger partial charge in [-0.05, 0) is 12.8 Å². The first kappa shape index (κ1) is 10.8. The molecular weight excluding hydrogens is 184 g/mol. The molecule has 0 saturated heterocycles. The standard InChI is InChI=1S/C10H14O4/c1-6(10(12)13-3)9(8-4-5-8)14-7(2)11/h8-9H,1,4-5H2,2-3H3. The van der Waals surface area contributed by atoms with Crippen LogP contribution in [0.3, 0.4) is 0 Å².